The molecule has 2 fully saturated rings. The summed E-state index contributed by atoms with van der Waals surface area (Å²) in [5.74, 6) is 0.601. The largest absolute Gasteiger partial charge is 0.508 e. The summed E-state index contributed by atoms with van der Waals surface area (Å²) < 4.78 is 5.68. The van der Waals surface area contributed by atoms with Gasteiger partial charge in [0.2, 0.25) is 0 Å². The molecule has 0 spiro atoms. The maximum atomic E-state index is 12.8. The number of phenols is 1. The first kappa shape index (κ1) is 23.8. The molecule has 33 heavy (non-hydrogen) atoms. The zero-order valence-electron chi connectivity index (χ0n) is 20.6. The van der Waals surface area contributed by atoms with Gasteiger partial charge in [0.25, 0.3) is 0 Å². The monoisotopic (exact) mass is 450 g/mol. The molecule has 0 bridgehead atoms. The van der Waals surface area contributed by atoms with Gasteiger partial charge in [0.05, 0.1) is 6.54 Å². The van der Waals surface area contributed by atoms with E-state index in [1.165, 1.54) is 11.1 Å². The fourth-order valence-electron chi connectivity index (χ4n) is 5.63. The Morgan fingerprint density at radius 1 is 1.09 bits per heavy atom. The van der Waals surface area contributed by atoms with Crippen molar-refractivity contribution in [2.24, 2.45) is 5.92 Å². The molecule has 2 aromatic carbocycles. The van der Waals surface area contributed by atoms with Crippen LogP contribution in [0.2, 0.25) is 0 Å². The summed E-state index contributed by atoms with van der Waals surface area (Å²) in [4.78, 5) is 17.7. The zero-order valence-corrected chi connectivity index (χ0v) is 20.6. The lowest BCUT2D eigenvalue weighted by Crippen LogP contribution is -2.62. The maximum Gasteiger partial charge on any atom is 0.320 e. The minimum Gasteiger partial charge on any atom is -0.508 e. The normalized spacial score (nSPS) is 28.8. The zero-order chi connectivity index (χ0) is 23.8. The molecule has 2 aliphatic rings. The minimum atomic E-state index is -0.491. The van der Waals surface area contributed by atoms with Crippen LogP contribution < -0.4 is 0 Å². The van der Waals surface area contributed by atoms with E-state index in [0.717, 1.165) is 26.1 Å². The number of hydrogen-bond donors (Lipinski definition) is 1. The third-order valence-electron chi connectivity index (χ3n) is 7.51. The number of carbonyl (C=O) groups excluding carboxylic acids is 1. The Labute approximate surface area is 198 Å². The summed E-state index contributed by atoms with van der Waals surface area (Å²) in [6, 6.07) is 18.8. The smallest absolute Gasteiger partial charge is 0.320 e. The van der Waals surface area contributed by atoms with Crippen molar-refractivity contribution in [2.75, 3.05) is 26.2 Å². The molecule has 5 heteroatoms. The Morgan fingerprint density at radius 2 is 1.82 bits per heavy atom. The Bertz CT molecular complexity index is 971. The van der Waals surface area contributed by atoms with Gasteiger partial charge < -0.3 is 9.84 Å². The number of piperidine rings is 1. The Morgan fingerprint density at radius 3 is 2.48 bits per heavy atom. The number of piperazine rings is 1. The summed E-state index contributed by atoms with van der Waals surface area (Å²) in [7, 11) is 0. The second-order valence-corrected chi connectivity index (χ2v) is 11.1. The van der Waals surface area contributed by atoms with Crippen LogP contribution in [0.1, 0.15) is 58.2 Å². The molecular formula is C28H38N2O3. The molecule has 4 rings (SSSR count). The van der Waals surface area contributed by atoms with Crippen molar-refractivity contribution < 1.29 is 14.6 Å². The van der Waals surface area contributed by atoms with Gasteiger partial charge in [0, 0.05) is 31.7 Å². The summed E-state index contributed by atoms with van der Waals surface area (Å²) >= 11 is 0. The number of hydrogen-bond acceptors (Lipinski definition) is 5. The van der Waals surface area contributed by atoms with E-state index in [1.54, 1.807) is 6.07 Å². The molecule has 2 aliphatic heterocycles. The van der Waals surface area contributed by atoms with Crippen LogP contribution >= 0.6 is 0 Å². The van der Waals surface area contributed by atoms with Crippen LogP contribution in [0.5, 0.6) is 5.75 Å². The van der Waals surface area contributed by atoms with Crippen molar-refractivity contribution in [1.29, 1.82) is 0 Å². The van der Waals surface area contributed by atoms with Gasteiger partial charge >= 0.3 is 5.97 Å². The second-order valence-electron chi connectivity index (χ2n) is 11.1. The van der Waals surface area contributed by atoms with Crippen molar-refractivity contribution in [3.8, 4) is 5.75 Å². The van der Waals surface area contributed by atoms with E-state index < -0.39 is 5.60 Å². The fourth-order valence-corrected chi connectivity index (χ4v) is 5.63. The molecular weight excluding hydrogens is 412 g/mol. The van der Waals surface area contributed by atoms with Crippen LogP contribution in [-0.2, 0) is 14.9 Å². The molecule has 0 aromatic heterocycles. The molecule has 1 N–H and O–H groups in total. The number of aromatic hydroxyl groups is 1. The molecule has 0 radical (unpaired) electrons. The lowest BCUT2D eigenvalue weighted by atomic mass is 9.65. The van der Waals surface area contributed by atoms with E-state index in [2.05, 4.69) is 54.0 Å². The van der Waals surface area contributed by atoms with Gasteiger partial charge in [-0.15, -0.1) is 0 Å². The standard InChI is InChI=1S/C28H38N2O3/c1-20-16-29-18-25(21-10-7-6-8-11-21)30(19-26(32)33-27(2,3)4)17-23(29)15-28(20,5)22-12-9-13-24(31)14-22/h6-14,20,23,25,31H,15-19H2,1-5H3/t20-,23+,25+,28+/m0/s1. The number of carbonyl (C=O) groups is 1. The first-order valence-electron chi connectivity index (χ1n) is 12.1. The van der Waals surface area contributed by atoms with Crippen molar-refractivity contribution >= 4 is 5.97 Å². The Balaban J connectivity index is 1.59. The first-order valence-corrected chi connectivity index (χ1v) is 12.1. The summed E-state index contributed by atoms with van der Waals surface area (Å²) in [5, 5.41) is 10.1. The number of esters is 1. The molecule has 2 saturated heterocycles. The van der Waals surface area contributed by atoms with Crippen LogP contribution in [0.15, 0.2) is 54.6 Å². The Hall–Kier alpha value is -2.37. The number of benzene rings is 2. The van der Waals surface area contributed by atoms with E-state index in [9.17, 15) is 9.90 Å². The van der Waals surface area contributed by atoms with E-state index in [4.69, 9.17) is 4.74 Å². The van der Waals surface area contributed by atoms with Gasteiger partial charge in [0.15, 0.2) is 0 Å². The van der Waals surface area contributed by atoms with Crippen LogP contribution in [0.3, 0.4) is 0 Å². The lowest BCUT2D eigenvalue weighted by molar-refractivity contribution is -0.158. The van der Waals surface area contributed by atoms with Gasteiger partial charge in [0.1, 0.15) is 11.4 Å². The van der Waals surface area contributed by atoms with Crippen LogP contribution in [0.25, 0.3) is 0 Å². The van der Waals surface area contributed by atoms with Crippen molar-refractivity contribution in [3.63, 3.8) is 0 Å². The summed E-state index contributed by atoms with van der Waals surface area (Å²) in [5.41, 5.74) is 1.92. The first-order chi connectivity index (χ1) is 15.5. The van der Waals surface area contributed by atoms with Crippen LogP contribution in [0.4, 0.5) is 0 Å². The van der Waals surface area contributed by atoms with Crippen molar-refractivity contribution in [2.45, 2.75) is 64.1 Å². The Kier molecular flexibility index (Phi) is 6.56. The minimum absolute atomic E-state index is 0.0307. The van der Waals surface area contributed by atoms with Crippen LogP contribution in [0, 0.1) is 5.92 Å². The van der Waals surface area contributed by atoms with Gasteiger partial charge in [-0.2, -0.15) is 0 Å². The van der Waals surface area contributed by atoms with Crippen LogP contribution in [-0.4, -0.2) is 58.7 Å². The SMILES string of the molecule is C[C@H]1CN2C[C@H](c3ccccc3)N(CC(=O)OC(C)(C)C)C[C@H]2C[C@@]1(C)c1cccc(O)c1. The average Bonchev–Trinajstić information content (AvgIpc) is 2.74. The molecule has 178 valence electrons. The summed E-state index contributed by atoms with van der Waals surface area (Å²) in [6.45, 7) is 13.4. The summed E-state index contributed by atoms with van der Waals surface area (Å²) in [6.07, 6.45) is 0.990. The molecule has 5 nitrogen and oxygen atoms in total. The van der Waals surface area contributed by atoms with E-state index in [1.807, 2.05) is 39.0 Å². The number of ether oxygens (including phenoxy) is 1. The van der Waals surface area contributed by atoms with Gasteiger partial charge in [-0.3, -0.25) is 14.6 Å². The number of fused-ring (bicyclic) bond motifs is 1. The third kappa shape index (κ3) is 5.25. The highest BCUT2D eigenvalue weighted by molar-refractivity contribution is 5.72. The fraction of sp³-hybridized carbons (Fsp3) is 0.536. The molecule has 0 aliphatic carbocycles. The molecule has 4 atom stereocenters. The average molecular weight is 451 g/mol. The quantitative estimate of drug-likeness (QED) is 0.681. The van der Waals surface area contributed by atoms with E-state index >= 15 is 0 Å². The molecule has 2 heterocycles. The maximum absolute atomic E-state index is 12.8. The highest BCUT2D eigenvalue weighted by Gasteiger charge is 2.47. The van der Waals surface area contributed by atoms with Crippen molar-refractivity contribution in [1.82, 2.24) is 9.80 Å². The molecule has 0 saturated carbocycles. The third-order valence-corrected chi connectivity index (χ3v) is 7.51. The highest BCUT2D eigenvalue weighted by atomic mass is 16.6. The lowest BCUT2D eigenvalue weighted by Gasteiger charge is -2.55. The molecule has 0 unspecified atom stereocenters. The van der Waals surface area contributed by atoms with E-state index in [-0.39, 0.29) is 17.4 Å². The predicted octanol–water partition coefficient (Wildman–Crippen LogP) is 4.76. The van der Waals surface area contributed by atoms with Crippen molar-refractivity contribution in [3.05, 3.63) is 65.7 Å². The molecule has 2 aromatic rings. The number of rotatable bonds is 4. The van der Waals surface area contributed by atoms with E-state index in [0.29, 0.717) is 24.3 Å². The number of phenolic OH excluding ortho intramolecular Hbond substituents is 1. The molecule has 0 amide bonds. The van der Waals surface area contributed by atoms with Gasteiger partial charge in [-0.05, 0) is 61.8 Å². The van der Waals surface area contributed by atoms with Gasteiger partial charge in [-0.25, -0.2) is 0 Å². The topological polar surface area (TPSA) is 53.0 Å². The highest BCUT2D eigenvalue weighted by Crippen LogP contribution is 2.45. The van der Waals surface area contributed by atoms with Gasteiger partial charge in [-0.1, -0.05) is 56.3 Å². The number of nitrogens with zero attached hydrogens (tertiary/aromatic N) is 2. The predicted molar refractivity (Wildman–Crippen MR) is 131 cm³/mol. The second kappa shape index (κ2) is 9.11.